The number of nitrogens with one attached hydrogen (secondary N) is 1. The number of aromatic nitrogens is 1. The molecule has 3 aromatic rings. The molecule has 0 aliphatic heterocycles. The van der Waals surface area contributed by atoms with Crippen LogP contribution >= 0.6 is 0 Å². The highest BCUT2D eigenvalue weighted by Gasteiger charge is 2.30. The third-order valence-electron chi connectivity index (χ3n) is 3.58. The second-order valence-electron chi connectivity index (χ2n) is 5.33. The molecular formula is C17H9F3N4O2. The number of benzene rings is 2. The van der Waals surface area contributed by atoms with Gasteiger partial charge in [-0.1, -0.05) is 6.07 Å². The van der Waals surface area contributed by atoms with E-state index in [4.69, 9.17) is 0 Å². The first-order valence-electron chi connectivity index (χ1n) is 7.21. The van der Waals surface area contributed by atoms with Gasteiger partial charge >= 0.3 is 6.18 Å². The fourth-order valence-electron chi connectivity index (χ4n) is 2.37. The summed E-state index contributed by atoms with van der Waals surface area (Å²) in [5.41, 5.74) is -0.455. The van der Waals surface area contributed by atoms with E-state index in [1.807, 2.05) is 6.07 Å². The number of nitro groups is 1. The number of halogens is 3. The molecule has 1 heterocycles. The van der Waals surface area contributed by atoms with E-state index in [2.05, 4.69) is 10.3 Å². The molecule has 1 N–H and O–H groups in total. The maximum Gasteiger partial charge on any atom is 0.416 e. The number of nitriles is 1. The van der Waals surface area contributed by atoms with Crippen molar-refractivity contribution in [2.24, 2.45) is 0 Å². The fraction of sp³-hybridized carbons (Fsp3) is 0.0588. The standard InChI is InChI=1S/C17H9F3N4O2/c18-17(19,20)12-2-1-3-13(8-12)22-16-11(9-21)6-10-7-14(24(25)26)4-5-15(10)23-16/h1-8H,(H,22,23). The summed E-state index contributed by atoms with van der Waals surface area (Å²) in [7, 11) is 0. The lowest BCUT2D eigenvalue weighted by Gasteiger charge is -2.11. The smallest absolute Gasteiger partial charge is 0.339 e. The average Bonchev–Trinajstić information content (AvgIpc) is 2.60. The van der Waals surface area contributed by atoms with Gasteiger partial charge in [-0.05, 0) is 30.3 Å². The number of fused-ring (bicyclic) bond motifs is 1. The van der Waals surface area contributed by atoms with Gasteiger partial charge in [0.1, 0.15) is 11.9 Å². The van der Waals surface area contributed by atoms with Crippen molar-refractivity contribution in [1.29, 1.82) is 5.26 Å². The molecule has 130 valence electrons. The van der Waals surface area contributed by atoms with E-state index < -0.39 is 16.7 Å². The first-order chi connectivity index (χ1) is 12.3. The quantitative estimate of drug-likeness (QED) is 0.537. The molecule has 0 aliphatic carbocycles. The van der Waals surface area contributed by atoms with Crippen LogP contribution in [-0.4, -0.2) is 9.91 Å². The minimum Gasteiger partial charge on any atom is -0.339 e. The molecule has 0 spiro atoms. The number of hydrogen-bond acceptors (Lipinski definition) is 5. The number of alkyl halides is 3. The van der Waals surface area contributed by atoms with Crippen LogP contribution in [0.4, 0.5) is 30.4 Å². The number of non-ortho nitro benzene ring substituents is 1. The summed E-state index contributed by atoms with van der Waals surface area (Å²) >= 11 is 0. The van der Waals surface area contributed by atoms with Crippen LogP contribution in [0.15, 0.2) is 48.5 Å². The monoisotopic (exact) mass is 358 g/mol. The van der Waals surface area contributed by atoms with Gasteiger partial charge in [0.25, 0.3) is 5.69 Å². The Morgan fingerprint density at radius 1 is 1.15 bits per heavy atom. The summed E-state index contributed by atoms with van der Waals surface area (Å²) in [4.78, 5) is 14.5. The van der Waals surface area contributed by atoms with Crippen molar-refractivity contribution in [1.82, 2.24) is 4.98 Å². The molecule has 0 atom stereocenters. The molecule has 0 fully saturated rings. The van der Waals surface area contributed by atoms with E-state index in [-0.39, 0.29) is 22.8 Å². The van der Waals surface area contributed by atoms with Gasteiger partial charge in [0.2, 0.25) is 0 Å². The first kappa shape index (κ1) is 17.2. The fourth-order valence-corrected chi connectivity index (χ4v) is 2.37. The Balaban J connectivity index is 2.04. The van der Waals surface area contributed by atoms with E-state index in [1.54, 1.807) is 0 Å². The molecule has 0 saturated heterocycles. The third kappa shape index (κ3) is 3.39. The predicted octanol–water partition coefficient (Wildman–Crippen LogP) is 4.78. The van der Waals surface area contributed by atoms with Gasteiger partial charge in [-0.3, -0.25) is 10.1 Å². The topological polar surface area (TPSA) is 91.8 Å². The molecule has 6 nitrogen and oxygen atoms in total. The number of anilines is 2. The number of rotatable bonds is 3. The molecule has 0 bridgehead atoms. The predicted molar refractivity (Wildman–Crippen MR) is 87.8 cm³/mol. The zero-order valence-electron chi connectivity index (χ0n) is 12.9. The van der Waals surface area contributed by atoms with Crippen molar-refractivity contribution < 1.29 is 18.1 Å². The van der Waals surface area contributed by atoms with Crippen LogP contribution in [0.2, 0.25) is 0 Å². The molecular weight excluding hydrogens is 349 g/mol. The summed E-state index contributed by atoms with van der Waals surface area (Å²) in [6, 6.07) is 11.7. The Bertz CT molecular complexity index is 1060. The van der Waals surface area contributed by atoms with E-state index in [1.165, 1.54) is 36.4 Å². The summed E-state index contributed by atoms with van der Waals surface area (Å²) < 4.78 is 38.4. The lowest BCUT2D eigenvalue weighted by Crippen LogP contribution is -2.05. The Kier molecular flexibility index (Phi) is 4.18. The molecule has 1 aromatic heterocycles. The second-order valence-corrected chi connectivity index (χ2v) is 5.33. The largest absolute Gasteiger partial charge is 0.416 e. The zero-order valence-corrected chi connectivity index (χ0v) is 12.9. The Hall–Kier alpha value is -3.67. The second kappa shape index (κ2) is 6.33. The number of hydrogen-bond donors (Lipinski definition) is 1. The van der Waals surface area contributed by atoms with Crippen LogP contribution in [0.1, 0.15) is 11.1 Å². The first-order valence-corrected chi connectivity index (χ1v) is 7.21. The van der Waals surface area contributed by atoms with Crippen molar-refractivity contribution in [3.8, 4) is 6.07 Å². The Morgan fingerprint density at radius 3 is 2.58 bits per heavy atom. The number of nitro benzene ring substituents is 1. The van der Waals surface area contributed by atoms with E-state index in [9.17, 15) is 28.5 Å². The number of nitrogens with zero attached hydrogens (tertiary/aromatic N) is 3. The van der Waals surface area contributed by atoms with Gasteiger partial charge in [0.05, 0.1) is 21.6 Å². The van der Waals surface area contributed by atoms with Crippen LogP contribution in [-0.2, 0) is 6.18 Å². The minimum absolute atomic E-state index is 0.0513. The van der Waals surface area contributed by atoms with Crippen LogP contribution in [0.5, 0.6) is 0 Å². The zero-order chi connectivity index (χ0) is 18.9. The van der Waals surface area contributed by atoms with Crippen LogP contribution in [0, 0.1) is 21.4 Å². The highest BCUT2D eigenvalue weighted by Crippen LogP contribution is 2.32. The summed E-state index contributed by atoms with van der Waals surface area (Å²) in [6.45, 7) is 0. The van der Waals surface area contributed by atoms with Gasteiger partial charge in [-0.25, -0.2) is 4.98 Å². The molecule has 3 rings (SSSR count). The number of pyridine rings is 1. The van der Waals surface area contributed by atoms with Crippen LogP contribution in [0.3, 0.4) is 0 Å². The van der Waals surface area contributed by atoms with Crippen molar-refractivity contribution >= 4 is 28.1 Å². The van der Waals surface area contributed by atoms with Crippen molar-refractivity contribution in [3.63, 3.8) is 0 Å². The summed E-state index contributed by atoms with van der Waals surface area (Å²) in [6.07, 6.45) is -4.49. The normalized spacial score (nSPS) is 11.2. The van der Waals surface area contributed by atoms with Crippen LogP contribution in [0.25, 0.3) is 10.9 Å². The van der Waals surface area contributed by atoms with Gasteiger partial charge in [-0.15, -0.1) is 0 Å². The lowest BCUT2D eigenvalue weighted by molar-refractivity contribution is -0.384. The molecule has 0 radical (unpaired) electrons. The molecule has 9 heteroatoms. The Morgan fingerprint density at radius 2 is 1.92 bits per heavy atom. The highest BCUT2D eigenvalue weighted by molar-refractivity contribution is 5.85. The molecule has 2 aromatic carbocycles. The van der Waals surface area contributed by atoms with Crippen molar-refractivity contribution in [3.05, 3.63) is 69.8 Å². The van der Waals surface area contributed by atoms with E-state index in [0.717, 1.165) is 12.1 Å². The molecule has 0 aliphatic rings. The highest BCUT2D eigenvalue weighted by atomic mass is 19.4. The van der Waals surface area contributed by atoms with Crippen molar-refractivity contribution in [2.75, 3.05) is 5.32 Å². The summed E-state index contributed by atoms with van der Waals surface area (Å²) in [5.74, 6) is 0.0631. The molecule has 0 unspecified atom stereocenters. The Labute approximate surface area is 144 Å². The van der Waals surface area contributed by atoms with Gasteiger partial charge in [0.15, 0.2) is 0 Å². The molecule has 0 saturated carbocycles. The maximum atomic E-state index is 12.8. The van der Waals surface area contributed by atoms with Gasteiger partial charge in [0, 0.05) is 23.2 Å². The summed E-state index contributed by atoms with van der Waals surface area (Å²) in [5, 5.41) is 23.2. The maximum absolute atomic E-state index is 12.8. The van der Waals surface area contributed by atoms with Gasteiger partial charge < -0.3 is 5.32 Å². The van der Waals surface area contributed by atoms with Crippen LogP contribution < -0.4 is 5.32 Å². The molecule has 0 amide bonds. The average molecular weight is 358 g/mol. The molecule has 26 heavy (non-hydrogen) atoms. The van der Waals surface area contributed by atoms with Gasteiger partial charge in [-0.2, -0.15) is 18.4 Å². The third-order valence-corrected chi connectivity index (χ3v) is 3.58. The minimum atomic E-state index is -4.49. The van der Waals surface area contributed by atoms with Crippen molar-refractivity contribution in [2.45, 2.75) is 6.18 Å². The van der Waals surface area contributed by atoms with E-state index >= 15 is 0 Å². The SMILES string of the molecule is N#Cc1cc2cc([N+](=O)[O-])ccc2nc1Nc1cccc(C(F)(F)F)c1. The van der Waals surface area contributed by atoms with E-state index in [0.29, 0.717) is 10.9 Å². The lowest BCUT2D eigenvalue weighted by atomic mass is 10.1.